The highest BCUT2D eigenvalue weighted by Crippen LogP contribution is 2.35. The highest BCUT2D eigenvalue weighted by atomic mass is 19.1. The van der Waals surface area contributed by atoms with Gasteiger partial charge in [0.2, 0.25) is 11.8 Å². The molecule has 1 aromatic heterocycles. The topological polar surface area (TPSA) is 66.2 Å². The fraction of sp³-hybridized carbons (Fsp3) is 0.318. The molecule has 1 fully saturated rings. The number of nitrogens with zero attached hydrogens (tertiary/aromatic N) is 3. The van der Waals surface area contributed by atoms with Crippen molar-refractivity contribution < 1.29 is 18.3 Å². The Labute approximate surface area is 168 Å². The van der Waals surface area contributed by atoms with E-state index >= 15 is 0 Å². The predicted molar refractivity (Wildman–Crippen MR) is 103 cm³/mol. The van der Waals surface area contributed by atoms with Crippen LogP contribution in [0, 0.1) is 17.1 Å². The number of benzene rings is 1. The highest BCUT2D eigenvalue weighted by molar-refractivity contribution is 5.93. The van der Waals surface area contributed by atoms with Gasteiger partial charge in [-0.25, -0.2) is 13.8 Å². The number of hydrogen-bond acceptors (Lipinski definition) is 4. The number of carbonyl (C=O) groups is 1. The lowest BCUT2D eigenvalue weighted by Crippen LogP contribution is -2.32. The Balaban J connectivity index is 1.54. The van der Waals surface area contributed by atoms with Crippen molar-refractivity contribution in [1.82, 2.24) is 9.88 Å². The Bertz CT molecular complexity index is 942. The second kappa shape index (κ2) is 9.28. The van der Waals surface area contributed by atoms with E-state index in [4.69, 9.17) is 10.00 Å². The summed E-state index contributed by atoms with van der Waals surface area (Å²) in [6, 6.07) is 12.3. The van der Waals surface area contributed by atoms with Crippen LogP contribution in [-0.4, -0.2) is 35.1 Å². The smallest absolute Gasteiger partial charge is 0.249 e. The van der Waals surface area contributed by atoms with Crippen LogP contribution in [0.2, 0.25) is 0 Å². The van der Waals surface area contributed by atoms with Crippen LogP contribution < -0.4 is 4.74 Å². The number of rotatable bonds is 7. The molecule has 0 aliphatic carbocycles. The van der Waals surface area contributed by atoms with Gasteiger partial charge in [0, 0.05) is 18.1 Å². The van der Waals surface area contributed by atoms with E-state index in [1.54, 1.807) is 30.3 Å². The molecule has 3 rings (SSSR count). The SMILES string of the molecule is C=C(CCCOc1cccc(C#N)n1)C(=O)N1CC(F)CC1c1cccc(F)c1. The second-order valence-electron chi connectivity index (χ2n) is 6.89. The highest BCUT2D eigenvalue weighted by Gasteiger charge is 2.37. The van der Waals surface area contributed by atoms with Crippen LogP contribution in [0.15, 0.2) is 54.6 Å². The normalized spacial score (nSPS) is 18.3. The van der Waals surface area contributed by atoms with E-state index in [0.717, 1.165) is 0 Å². The maximum atomic E-state index is 14.0. The summed E-state index contributed by atoms with van der Waals surface area (Å²) >= 11 is 0. The van der Waals surface area contributed by atoms with Crippen molar-refractivity contribution in [3.8, 4) is 11.9 Å². The molecule has 5 nitrogen and oxygen atoms in total. The van der Waals surface area contributed by atoms with Gasteiger partial charge in [0.25, 0.3) is 0 Å². The summed E-state index contributed by atoms with van der Waals surface area (Å²) in [5, 5.41) is 8.84. The number of amides is 1. The lowest BCUT2D eigenvalue weighted by Gasteiger charge is -2.25. The quantitative estimate of drug-likeness (QED) is 0.521. The van der Waals surface area contributed by atoms with Crippen molar-refractivity contribution in [1.29, 1.82) is 5.26 Å². The molecule has 2 heterocycles. The van der Waals surface area contributed by atoms with Crippen LogP contribution in [0.5, 0.6) is 5.88 Å². The standard InChI is InChI=1S/C22H21F2N3O2/c1-15(5-4-10-29-21-9-3-8-19(13-25)26-21)22(28)27-14-18(24)12-20(27)16-6-2-7-17(23)11-16/h2-3,6-9,11,18,20H,1,4-5,10,12,14H2. The molecule has 2 unspecified atom stereocenters. The number of halogens is 2. The van der Waals surface area contributed by atoms with Crippen molar-refractivity contribution in [2.75, 3.05) is 13.2 Å². The number of alkyl halides is 1. The molecule has 7 heteroatoms. The van der Waals surface area contributed by atoms with Crippen molar-refractivity contribution >= 4 is 5.91 Å². The maximum Gasteiger partial charge on any atom is 0.249 e. The van der Waals surface area contributed by atoms with Gasteiger partial charge in [0.15, 0.2) is 0 Å². The molecule has 0 saturated carbocycles. The largest absolute Gasteiger partial charge is 0.478 e. The summed E-state index contributed by atoms with van der Waals surface area (Å²) in [4.78, 5) is 18.2. The number of likely N-dealkylation sites (tertiary alicyclic amines) is 1. The summed E-state index contributed by atoms with van der Waals surface area (Å²) in [7, 11) is 0. The Morgan fingerprint density at radius 1 is 1.34 bits per heavy atom. The zero-order valence-electron chi connectivity index (χ0n) is 15.9. The summed E-state index contributed by atoms with van der Waals surface area (Å²) in [5.41, 5.74) is 1.20. The van der Waals surface area contributed by atoms with Gasteiger partial charge in [-0.05, 0) is 36.6 Å². The maximum absolute atomic E-state index is 14.0. The molecule has 0 spiro atoms. The van der Waals surface area contributed by atoms with E-state index in [0.29, 0.717) is 36.5 Å². The monoisotopic (exact) mass is 397 g/mol. The molecule has 29 heavy (non-hydrogen) atoms. The van der Waals surface area contributed by atoms with Crippen LogP contribution in [0.4, 0.5) is 8.78 Å². The van der Waals surface area contributed by atoms with E-state index in [2.05, 4.69) is 11.6 Å². The third kappa shape index (κ3) is 5.17. The van der Waals surface area contributed by atoms with E-state index in [-0.39, 0.29) is 24.6 Å². The van der Waals surface area contributed by atoms with E-state index in [9.17, 15) is 13.6 Å². The Morgan fingerprint density at radius 2 is 2.14 bits per heavy atom. The molecule has 2 aromatic rings. The molecule has 0 bridgehead atoms. The lowest BCUT2D eigenvalue weighted by molar-refractivity contribution is -0.128. The average Bonchev–Trinajstić information content (AvgIpc) is 3.12. The van der Waals surface area contributed by atoms with E-state index in [1.165, 1.54) is 17.0 Å². The summed E-state index contributed by atoms with van der Waals surface area (Å²) in [5.74, 6) is -0.404. The Kier molecular flexibility index (Phi) is 6.55. The first-order valence-corrected chi connectivity index (χ1v) is 9.36. The van der Waals surface area contributed by atoms with Crippen LogP contribution in [0.25, 0.3) is 0 Å². The second-order valence-corrected chi connectivity index (χ2v) is 6.89. The van der Waals surface area contributed by atoms with Crippen molar-refractivity contribution in [2.24, 2.45) is 0 Å². The predicted octanol–water partition coefficient (Wildman–Crippen LogP) is 4.12. The van der Waals surface area contributed by atoms with E-state index < -0.39 is 18.0 Å². The van der Waals surface area contributed by atoms with Gasteiger partial charge in [-0.1, -0.05) is 24.8 Å². The van der Waals surface area contributed by atoms with Crippen molar-refractivity contribution in [3.05, 3.63) is 71.7 Å². The minimum atomic E-state index is -1.15. The average molecular weight is 397 g/mol. The van der Waals surface area contributed by atoms with E-state index in [1.807, 2.05) is 6.07 Å². The molecule has 2 atom stereocenters. The first-order valence-electron chi connectivity index (χ1n) is 9.36. The molecule has 1 saturated heterocycles. The lowest BCUT2D eigenvalue weighted by atomic mass is 10.0. The zero-order chi connectivity index (χ0) is 20.8. The fourth-order valence-electron chi connectivity index (χ4n) is 3.37. The van der Waals surface area contributed by atoms with Gasteiger partial charge in [-0.3, -0.25) is 4.79 Å². The summed E-state index contributed by atoms with van der Waals surface area (Å²) < 4.78 is 33.1. The van der Waals surface area contributed by atoms with Crippen LogP contribution in [0.1, 0.15) is 36.6 Å². The van der Waals surface area contributed by atoms with Gasteiger partial charge >= 0.3 is 0 Å². The minimum absolute atomic E-state index is 0.0274. The number of pyridine rings is 1. The van der Waals surface area contributed by atoms with Gasteiger partial charge in [-0.2, -0.15) is 5.26 Å². The number of hydrogen-bond donors (Lipinski definition) is 0. The van der Waals surface area contributed by atoms with Gasteiger partial charge in [0.1, 0.15) is 23.8 Å². The molecular weight excluding hydrogens is 376 g/mol. The minimum Gasteiger partial charge on any atom is -0.478 e. The van der Waals surface area contributed by atoms with Crippen LogP contribution in [0.3, 0.4) is 0 Å². The van der Waals surface area contributed by atoms with Gasteiger partial charge in [0.05, 0.1) is 19.2 Å². The zero-order valence-corrected chi connectivity index (χ0v) is 15.9. The van der Waals surface area contributed by atoms with Crippen LogP contribution in [-0.2, 0) is 4.79 Å². The van der Waals surface area contributed by atoms with Crippen molar-refractivity contribution in [2.45, 2.75) is 31.5 Å². The Hall–Kier alpha value is -3.27. The Morgan fingerprint density at radius 3 is 2.90 bits per heavy atom. The van der Waals surface area contributed by atoms with Crippen LogP contribution >= 0.6 is 0 Å². The molecule has 150 valence electrons. The molecule has 0 N–H and O–H groups in total. The van der Waals surface area contributed by atoms with Gasteiger partial charge < -0.3 is 9.64 Å². The number of aromatic nitrogens is 1. The number of nitriles is 1. The molecule has 1 aliphatic heterocycles. The molecule has 0 radical (unpaired) electrons. The molecule has 1 aliphatic rings. The molecule has 1 aromatic carbocycles. The molecular formula is C22H21F2N3O2. The van der Waals surface area contributed by atoms with Gasteiger partial charge in [-0.15, -0.1) is 0 Å². The summed E-state index contributed by atoms with van der Waals surface area (Å²) in [6.07, 6.45) is -0.116. The molecule has 1 amide bonds. The number of carbonyl (C=O) groups excluding carboxylic acids is 1. The fourth-order valence-corrected chi connectivity index (χ4v) is 3.37. The first-order chi connectivity index (χ1) is 14.0. The summed E-state index contributed by atoms with van der Waals surface area (Å²) in [6.45, 7) is 4.11. The number of ether oxygens (including phenoxy) is 1. The first kappa shape index (κ1) is 20.5. The van der Waals surface area contributed by atoms with Crippen molar-refractivity contribution in [3.63, 3.8) is 0 Å². The third-order valence-electron chi connectivity index (χ3n) is 4.76. The third-order valence-corrected chi connectivity index (χ3v) is 4.76.